The third-order valence-electron chi connectivity index (χ3n) is 9.99. The third-order valence-corrected chi connectivity index (χ3v) is 9.99. The van der Waals surface area contributed by atoms with Gasteiger partial charge in [0.05, 0.1) is 13.7 Å². The second-order valence-electron chi connectivity index (χ2n) is 14.6. The first kappa shape index (κ1) is 35.8. The topological polar surface area (TPSA) is 162 Å². The van der Waals surface area contributed by atoms with E-state index in [-0.39, 0.29) is 25.7 Å². The van der Waals surface area contributed by atoms with E-state index in [0.717, 1.165) is 43.2 Å². The molecule has 4 atom stereocenters. The molecule has 0 aromatic heterocycles. The second kappa shape index (κ2) is 15.1. The molecule has 2 N–H and O–H groups in total. The summed E-state index contributed by atoms with van der Waals surface area (Å²) in [5.41, 5.74) is 1.04. The number of nitrogens with zero attached hydrogens (tertiary/aromatic N) is 2. The van der Waals surface area contributed by atoms with Crippen molar-refractivity contribution in [3.63, 3.8) is 0 Å². The molecular weight excluding hydrogens is 660 g/mol. The van der Waals surface area contributed by atoms with Crippen LogP contribution in [0.15, 0.2) is 42.5 Å². The highest BCUT2D eigenvalue weighted by molar-refractivity contribution is 5.94. The van der Waals surface area contributed by atoms with Gasteiger partial charge in [-0.2, -0.15) is 0 Å². The van der Waals surface area contributed by atoms with Gasteiger partial charge in [-0.05, 0) is 59.6 Å². The van der Waals surface area contributed by atoms with Crippen LogP contribution in [0.3, 0.4) is 0 Å². The van der Waals surface area contributed by atoms with Crippen molar-refractivity contribution in [2.45, 2.75) is 96.6 Å². The van der Waals surface area contributed by atoms with Crippen LogP contribution in [0.1, 0.15) is 70.4 Å². The van der Waals surface area contributed by atoms with Crippen molar-refractivity contribution in [1.82, 2.24) is 20.4 Å². The first-order valence-electron chi connectivity index (χ1n) is 17.5. The number of benzene rings is 2. The summed E-state index contributed by atoms with van der Waals surface area (Å²) in [4.78, 5) is 70.6. The summed E-state index contributed by atoms with van der Waals surface area (Å²) in [6, 6.07) is 9.18. The number of carbonyl (C=O) groups excluding carboxylic acids is 5. The molecule has 274 valence electrons. The lowest BCUT2D eigenvalue weighted by Crippen LogP contribution is -2.61. The number of para-hydroxylation sites is 1. The first-order chi connectivity index (χ1) is 24.4. The molecule has 0 spiro atoms. The molecule has 51 heavy (non-hydrogen) atoms. The molecule has 1 saturated carbocycles. The van der Waals surface area contributed by atoms with Crippen molar-refractivity contribution in [1.29, 1.82) is 0 Å². The zero-order chi connectivity index (χ0) is 36.3. The summed E-state index contributed by atoms with van der Waals surface area (Å²) in [5.74, 6) is -0.273. The number of esters is 1. The van der Waals surface area contributed by atoms with Crippen LogP contribution in [0.2, 0.25) is 0 Å². The standard InChI is InChI=1S/C37H46N4O10/c1-37(2,3)31(39-32(42)30(22-11-7-5-8-12-22)38-35(45)50-25-13-9-6-10-14-25)33(43)41-20-26(17-27(41)34(44)47-4)51-36(46)40-18-23-15-28-29(49-21-48-28)16-24(23)19-40/h6,9-10,13-16,22,26-27,30-31H,5,7-8,11-12,17-21H2,1-4H3,(H,38,45)(H,39,42)/t26-,27?,30+,31-/m1/s1. The number of amides is 4. The fourth-order valence-corrected chi connectivity index (χ4v) is 7.28. The van der Waals surface area contributed by atoms with Crippen molar-refractivity contribution in [2.75, 3.05) is 20.4 Å². The Hall–Kier alpha value is -5.01. The Balaban J connectivity index is 1.15. The number of nitrogens with one attached hydrogen (secondary N) is 2. The molecule has 6 rings (SSSR count). The van der Waals surface area contributed by atoms with Crippen LogP contribution in [0, 0.1) is 11.3 Å². The minimum atomic E-state index is -1.09. The van der Waals surface area contributed by atoms with Crippen molar-refractivity contribution in [3.05, 3.63) is 53.6 Å². The lowest BCUT2D eigenvalue weighted by atomic mass is 9.82. The smallest absolute Gasteiger partial charge is 0.413 e. The number of likely N-dealkylation sites (tertiary alicyclic amines) is 1. The fourth-order valence-electron chi connectivity index (χ4n) is 7.28. The van der Waals surface area contributed by atoms with E-state index in [1.165, 1.54) is 16.9 Å². The number of ether oxygens (including phenoxy) is 5. The summed E-state index contributed by atoms with van der Waals surface area (Å²) in [6.07, 6.45) is 2.20. The van der Waals surface area contributed by atoms with E-state index in [0.29, 0.717) is 30.3 Å². The molecule has 2 fully saturated rings. The van der Waals surface area contributed by atoms with Gasteiger partial charge < -0.3 is 39.2 Å². The van der Waals surface area contributed by atoms with Crippen LogP contribution >= 0.6 is 0 Å². The van der Waals surface area contributed by atoms with Gasteiger partial charge >= 0.3 is 18.2 Å². The predicted octanol–water partition coefficient (Wildman–Crippen LogP) is 4.28. The first-order valence-corrected chi connectivity index (χ1v) is 17.5. The Morgan fingerprint density at radius 3 is 2.16 bits per heavy atom. The van der Waals surface area contributed by atoms with E-state index in [1.807, 2.05) is 12.1 Å². The van der Waals surface area contributed by atoms with Gasteiger partial charge in [-0.3, -0.25) is 14.5 Å². The summed E-state index contributed by atoms with van der Waals surface area (Å²) >= 11 is 0. The van der Waals surface area contributed by atoms with E-state index >= 15 is 0 Å². The van der Waals surface area contributed by atoms with Gasteiger partial charge in [0.2, 0.25) is 18.6 Å². The molecule has 0 radical (unpaired) electrons. The van der Waals surface area contributed by atoms with Gasteiger partial charge in [0.1, 0.15) is 30.0 Å². The third kappa shape index (κ3) is 8.15. The van der Waals surface area contributed by atoms with Gasteiger partial charge in [-0.25, -0.2) is 14.4 Å². The minimum absolute atomic E-state index is 0.0311. The summed E-state index contributed by atoms with van der Waals surface area (Å²) in [7, 11) is 1.23. The monoisotopic (exact) mass is 706 g/mol. The lowest BCUT2D eigenvalue weighted by molar-refractivity contribution is -0.153. The van der Waals surface area contributed by atoms with E-state index in [1.54, 1.807) is 51.1 Å². The molecule has 2 aromatic carbocycles. The molecule has 3 heterocycles. The molecule has 1 aliphatic carbocycles. The Morgan fingerprint density at radius 2 is 1.55 bits per heavy atom. The quantitative estimate of drug-likeness (QED) is 0.379. The maximum Gasteiger partial charge on any atom is 0.413 e. The molecule has 3 aliphatic heterocycles. The molecule has 1 saturated heterocycles. The molecule has 4 amide bonds. The fraction of sp³-hybridized carbons (Fsp3) is 0.541. The molecule has 0 bridgehead atoms. The summed E-state index contributed by atoms with van der Waals surface area (Å²) in [6.45, 7) is 6.13. The molecular formula is C37H46N4O10. The maximum atomic E-state index is 14.4. The van der Waals surface area contributed by atoms with Gasteiger partial charge in [-0.15, -0.1) is 0 Å². The van der Waals surface area contributed by atoms with Crippen molar-refractivity contribution in [2.24, 2.45) is 11.3 Å². The van der Waals surface area contributed by atoms with Crippen LogP contribution in [-0.4, -0.2) is 84.4 Å². The van der Waals surface area contributed by atoms with Crippen LogP contribution in [-0.2, 0) is 36.9 Å². The predicted molar refractivity (Wildman–Crippen MR) is 182 cm³/mol. The average molecular weight is 707 g/mol. The number of hydrogen-bond acceptors (Lipinski definition) is 10. The van der Waals surface area contributed by atoms with Crippen LogP contribution in [0.25, 0.3) is 0 Å². The lowest BCUT2D eigenvalue weighted by Gasteiger charge is -2.37. The number of fused-ring (bicyclic) bond motifs is 2. The minimum Gasteiger partial charge on any atom is -0.467 e. The largest absolute Gasteiger partial charge is 0.467 e. The van der Waals surface area contributed by atoms with Gasteiger partial charge in [-0.1, -0.05) is 58.2 Å². The highest BCUT2D eigenvalue weighted by Gasteiger charge is 2.48. The molecule has 14 heteroatoms. The van der Waals surface area contributed by atoms with Gasteiger partial charge in [0.15, 0.2) is 11.5 Å². The number of carbonyl (C=O) groups is 5. The Labute approximate surface area is 297 Å². The maximum absolute atomic E-state index is 14.4. The van der Waals surface area contributed by atoms with E-state index in [4.69, 9.17) is 23.7 Å². The number of methoxy groups -OCH3 is 1. The van der Waals surface area contributed by atoms with Gasteiger partial charge in [0.25, 0.3) is 0 Å². The Morgan fingerprint density at radius 1 is 0.902 bits per heavy atom. The second-order valence-corrected chi connectivity index (χ2v) is 14.6. The molecule has 1 unspecified atom stereocenters. The van der Waals surface area contributed by atoms with Crippen molar-refractivity contribution < 1.29 is 47.7 Å². The van der Waals surface area contributed by atoms with E-state index in [9.17, 15) is 24.0 Å². The van der Waals surface area contributed by atoms with Crippen LogP contribution in [0.5, 0.6) is 17.2 Å². The summed E-state index contributed by atoms with van der Waals surface area (Å²) < 4.78 is 27.3. The van der Waals surface area contributed by atoms with Crippen LogP contribution < -0.4 is 24.8 Å². The zero-order valence-corrected chi connectivity index (χ0v) is 29.5. The molecule has 2 aromatic rings. The van der Waals surface area contributed by atoms with Crippen molar-refractivity contribution in [3.8, 4) is 17.2 Å². The average Bonchev–Trinajstić information content (AvgIpc) is 3.86. The van der Waals surface area contributed by atoms with Crippen molar-refractivity contribution >= 4 is 30.0 Å². The number of rotatable bonds is 8. The van der Waals surface area contributed by atoms with Gasteiger partial charge in [0, 0.05) is 19.5 Å². The highest BCUT2D eigenvalue weighted by atomic mass is 16.7. The molecule has 14 nitrogen and oxygen atoms in total. The highest BCUT2D eigenvalue weighted by Crippen LogP contribution is 2.38. The Bertz CT molecular complexity index is 1600. The summed E-state index contributed by atoms with van der Waals surface area (Å²) in [5, 5.41) is 5.68. The molecule has 4 aliphatic rings. The zero-order valence-electron chi connectivity index (χ0n) is 29.5. The van der Waals surface area contributed by atoms with E-state index in [2.05, 4.69) is 10.6 Å². The van der Waals surface area contributed by atoms with Crippen LogP contribution in [0.4, 0.5) is 9.59 Å². The van der Waals surface area contributed by atoms with E-state index < -0.39 is 59.6 Å². The Kier molecular flexibility index (Phi) is 10.6. The normalized spacial score (nSPS) is 20.9. The number of hydrogen-bond donors (Lipinski definition) is 2. The SMILES string of the molecule is COC(=O)C1C[C@@H](OC(=O)N2Cc3cc4c(cc3C2)OCO4)CN1C(=O)[C@@H](NC(=O)[C@@H](NC(=O)Oc1ccccc1)C1CCCCC1)C(C)(C)C.